The number of piperidine rings is 1. The molecule has 1 aromatic rings. The van der Waals surface area contributed by atoms with Gasteiger partial charge in [0.05, 0.1) is 6.61 Å². The molecule has 0 bridgehead atoms. The van der Waals surface area contributed by atoms with Crippen molar-refractivity contribution in [3.8, 4) is 0 Å². The average Bonchev–Trinajstić information content (AvgIpc) is 2.29. The molecule has 1 heterocycles. The molecule has 1 aliphatic heterocycles. The maximum atomic E-state index is 11.5. The van der Waals surface area contributed by atoms with Crippen LogP contribution in [-0.2, 0) is 16.1 Å². The van der Waals surface area contributed by atoms with E-state index in [0.717, 1.165) is 24.1 Å². The van der Waals surface area contributed by atoms with Gasteiger partial charge in [0.15, 0.2) is 0 Å². The van der Waals surface area contributed by atoms with Crippen LogP contribution in [0.25, 0.3) is 0 Å². The van der Waals surface area contributed by atoms with Gasteiger partial charge < -0.3 is 10.1 Å². The number of nitrogens with one attached hydrogen (secondary N) is 1. The topological polar surface area (TPSA) is 38.3 Å². The minimum atomic E-state index is -0.342. The summed E-state index contributed by atoms with van der Waals surface area (Å²) in [5.74, 6) is -0.0767. The van der Waals surface area contributed by atoms with Crippen LogP contribution in [0, 0.1) is 0 Å². The zero-order chi connectivity index (χ0) is 11.4. The quantitative estimate of drug-likeness (QED) is 0.841. The molecule has 0 spiro atoms. The van der Waals surface area contributed by atoms with Crippen LogP contribution in [0.15, 0.2) is 42.6 Å². The van der Waals surface area contributed by atoms with Crippen molar-refractivity contribution in [2.45, 2.75) is 25.6 Å². The highest BCUT2D eigenvalue weighted by atomic mass is 16.5. The lowest BCUT2D eigenvalue weighted by Crippen LogP contribution is -2.40. The Labute approximate surface area is 95.1 Å². The van der Waals surface area contributed by atoms with E-state index in [-0.39, 0.29) is 12.0 Å². The third-order valence-corrected chi connectivity index (χ3v) is 2.59. The van der Waals surface area contributed by atoms with Gasteiger partial charge >= 0.3 is 0 Å². The monoisotopic (exact) mass is 217 g/mol. The third-order valence-electron chi connectivity index (χ3n) is 2.59. The fraction of sp³-hybridized carbons (Fsp3) is 0.308. The Kier molecular flexibility index (Phi) is 3.37. The molecular weight excluding hydrogens is 202 g/mol. The van der Waals surface area contributed by atoms with Gasteiger partial charge in [0.2, 0.25) is 0 Å². The molecule has 84 valence electrons. The number of benzene rings is 1. The summed E-state index contributed by atoms with van der Waals surface area (Å²) in [5, 5.41) is 2.71. The van der Waals surface area contributed by atoms with E-state index in [0.29, 0.717) is 6.61 Å². The molecule has 1 aromatic carbocycles. The molecule has 0 saturated carbocycles. The molecule has 1 aliphatic rings. The Balaban J connectivity index is 1.87. The number of carbonyl (C=O) groups is 1. The van der Waals surface area contributed by atoms with Gasteiger partial charge in [0.1, 0.15) is 6.10 Å². The minimum Gasteiger partial charge on any atom is -0.364 e. The Bertz CT molecular complexity index is 386. The second-order valence-corrected chi connectivity index (χ2v) is 3.92. The summed E-state index contributed by atoms with van der Waals surface area (Å²) in [6.07, 6.45) is 1.17. The van der Waals surface area contributed by atoms with E-state index in [2.05, 4.69) is 11.9 Å². The van der Waals surface area contributed by atoms with Crippen molar-refractivity contribution in [2.24, 2.45) is 0 Å². The third kappa shape index (κ3) is 2.70. The first-order valence-corrected chi connectivity index (χ1v) is 5.40. The van der Waals surface area contributed by atoms with Gasteiger partial charge in [-0.2, -0.15) is 0 Å². The minimum absolute atomic E-state index is 0.0767. The van der Waals surface area contributed by atoms with E-state index in [4.69, 9.17) is 4.74 Å². The van der Waals surface area contributed by atoms with Crippen molar-refractivity contribution in [3.63, 3.8) is 0 Å². The molecule has 2 rings (SSSR count). The number of ether oxygens (including phenoxy) is 1. The van der Waals surface area contributed by atoms with Crippen LogP contribution in [0.5, 0.6) is 0 Å². The van der Waals surface area contributed by atoms with Crippen molar-refractivity contribution in [3.05, 3.63) is 48.2 Å². The lowest BCUT2D eigenvalue weighted by Gasteiger charge is -2.23. The lowest BCUT2D eigenvalue weighted by molar-refractivity contribution is -0.134. The van der Waals surface area contributed by atoms with E-state index < -0.39 is 0 Å². The van der Waals surface area contributed by atoms with Gasteiger partial charge in [-0.25, -0.2) is 0 Å². The molecule has 1 saturated heterocycles. The average molecular weight is 217 g/mol. The lowest BCUT2D eigenvalue weighted by atomic mass is 10.1. The van der Waals surface area contributed by atoms with Gasteiger partial charge in [-0.15, -0.1) is 0 Å². The first-order chi connectivity index (χ1) is 7.75. The summed E-state index contributed by atoms with van der Waals surface area (Å²) in [4.78, 5) is 11.5. The Morgan fingerprint density at radius 2 is 2.12 bits per heavy atom. The predicted octanol–water partition coefficient (Wildman–Crippen LogP) is 2.00. The molecule has 1 unspecified atom stereocenters. The zero-order valence-electron chi connectivity index (χ0n) is 9.11. The van der Waals surface area contributed by atoms with Gasteiger partial charge in [0, 0.05) is 5.70 Å². The summed E-state index contributed by atoms with van der Waals surface area (Å²) >= 11 is 0. The Morgan fingerprint density at radius 3 is 2.81 bits per heavy atom. The fourth-order valence-electron chi connectivity index (χ4n) is 1.68. The first kappa shape index (κ1) is 10.9. The second-order valence-electron chi connectivity index (χ2n) is 3.92. The van der Waals surface area contributed by atoms with Gasteiger partial charge in [-0.3, -0.25) is 4.79 Å². The van der Waals surface area contributed by atoms with E-state index in [1.807, 2.05) is 30.3 Å². The molecule has 0 aliphatic carbocycles. The molecule has 3 nitrogen and oxygen atoms in total. The van der Waals surface area contributed by atoms with Crippen LogP contribution in [0.2, 0.25) is 0 Å². The summed E-state index contributed by atoms with van der Waals surface area (Å²) in [6.45, 7) is 4.21. The fourth-order valence-corrected chi connectivity index (χ4v) is 1.68. The largest absolute Gasteiger partial charge is 0.364 e. The molecule has 3 heteroatoms. The highest BCUT2D eigenvalue weighted by Gasteiger charge is 2.24. The molecule has 1 N–H and O–H groups in total. The van der Waals surface area contributed by atoms with Crippen LogP contribution < -0.4 is 5.32 Å². The molecule has 0 aromatic heterocycles. The van der Waals surface area contributed by atoms with Crippen LogP contribution in [0.3, 0.4) is 0 Å². The standard InChI is InChI=1S/C13H15NO2/c1-10-7-8-12(13(15)14-10)16-9-11-5-3-2-4-6-11/h2-6,12H,1,7-9H2,(H,14,15). The van der Waals surface area contributed by atoms with Crippen molar-refractivity contribution in [1.82, 2.24) is 5.32 Å². The normalized spacial score (nSPS) is 20.6. The maximum absolute atomic E-state index is 11.5. The summed E-state index contributed by atoms with van der Waals surface area (Å²) in [7, 11) is 0. The number of rotatable bonds is 3. The first-order valence-electron chi connectivity index (χ1n) is 5.40. The number of amides is 1. The van der Waals surface area contributed by atoms with Crippen LogP contribution in [-0.4, -0.2) is 12.0 Å². The van der Waals surface area contributed by atoms with Crippen LogP contribution in [0.4, 0.5) is 0 Å². The SMILES string of the molecule is C=C1CCC(OCc2ccccc2)C(=O)N1. The van der Waals surface area contributed by atoms with Crippen molar-refractivity contribution >= 4 is 5.91 Å². The highest BCUT2D eigenvalue weighted by Crippen LogP contribution is 2.15. The van der Waals surface area contributed by atoms with Crippen molar-refractivity contribution in [2.75, 3.05) is 0 Å². The van der Waals surface area contributed by atoms with E-state index in [9.17, 15) is 4.79 Å². The number of hydrogen-bond acceptors (Lipinski definition) is 2. The predicted molar refractivity (Wildman–Crippen MR) is 61.5 cm³/mol. The van der Waals surface area contributed by atoms with E-state index in [1.165, 1.54) is 0 Å². The summed E-state index contributed by atoms with van der Waals surface area (Å²) < 4.78 is 5.58. The zero-order valence-corrected chi connectivity index (χ0v) is 9.11. The molecule has 0 radical (unpaired) electrons. The second kappa shape index (κ2) is 4.94. The Hall–Kier alpha value is -1.61. The number of allylic oxidation sites excluding steroid dienone is 1. The van der Waals surface area contributed by atoms with E-state index >= 15 is 0 Å². The smallest absolute Gasteiger partial charge is 0.253 e. The number of carbonyl (C=O) groups excluding carboxylic acids is 1. The van der Waals surface area contributed by atoms with E-state index in [1.54, 1.807) is 0 Å². The molecule has 1 amide bonds. The van der Waals surface area contributed by atoms with Crippen molar-refractivity contribution < 1.29 is 9.53 Å². The van der Waals surface area contributed by atoms with Gasteiger partial charge in [-0.1, -0.05) is 36.9 Å². The maximum Gasteiger partial charge on any atom is 0.253 e. The Morgan fingerprint density at radius 1 is 1.38 bits per heavy atom. The summed E-state index contributed by atoms with van der Waals surface area (Å²) in [6, 6.07) is 9.85. The molecule has 16 heavy (non-hydrogen) atoms. The molecule has 1 atom stereocenters. The van der Waals surface area contributed by atoms with Crippen LogP contribution >= 0.6 is 0 Å². The van der Waals surface area contributed by atoms with Crippen LogP contribution in [0.1, 0.15) is 18.4 Å². The molecular formula is C13H15NO2. The highest BCUT2D eigenvalue weighted by molar-refractivity contribution is 5.83. The van der Waals surface area contributed by atoms with Crippen molar-refractivity contribution in [1.29, 1.82) is 0 Å². The summed E-state index contributed by atoms with van der Waals surface area (Å²) in [5.41, 5.74) is 1.87. The van der Waals surface area contributed by atoms with Gasteiger partial charge in [0.25, 0.3) is 5.91 Å². The number of hydrogen-bond donors (Lipinski definition) is 1. The van der Waals surface area contributed by atoms with Gasteiger partial charge in [-0.05, 0) is 18.4 Å². The molecule has 1 fully saturated rings.